The van der Waals surface area contributed by atoms with Gasteiger partial charge in [0.05, 0.1) is 35.2 Å². The molecule has 0 fully saturated rings. The lowest BCUT2D eigenvalue weighted by Crippen LogP contribution is -2.25. The first-order valence-electron chi connectivity index (χ1n) is 10.4. The molecule has 5 rings (SSSR count). The Labute approximate surface area is 196 Å². The summed E-state index contributed by atoms with van der Waals surface area (Å²) in [6.07, 6.45) is 4.22. The molecule has 1 aromatic carbocycles. The average molecular weight is 489 g/mol. The third-order valence-corrected chi connectivity index (χ3v) is 8.02. The van der Waals surface area contributed by atoms with E-state index in [1.807, 2.05) is 0 Å². The van der Waals surface area contributed by atoms with E-state index in [0.29, 0.717) is 45.8 Å². The van der Waals surface area contributed by atoms with Gasteiger partial charge in [-0.3, -0.25) is 14.2 Å². The first-order chi connectivity index (χ1) is 15.5. The molecule has 1 aliphatic rings. The Morgan fingerprint density at radius 3 is 2.94 bits per heavy atom. The molecule has 0 aliphatic heterocycles. The van der Waals surface area contributed by atoms with Crippen molar-refractivity contribution >= 4 is 55.8 Å². The van der Waals surface area contributed by atoms with Crippen molar-refractivity contribution < 1.29 is 4.74 Å². The number of benzene rings is 1. The summed E-state index contributed by atoms with van der Waals surface area (Å²) in [6.45, 7) is 0.832. The number of aromatic amines is 1. The van der Waals surface area contributed by atoms with E-state index >= 15 is 0 Å². The largest absolute Gasteiger partial charge is 0.383 e. The van der Waals surface area contributed by atoms with E-state index in [0.717, 1.165) is 35.9 Å². The lowest BCUT2D eigenvalue weighted by atomic mass is 9.97. The Kier molecular flexibility index (Phi) is 6.07. The lowest BCUT2D eigenvalue weighted by molar-refractivity contribution is 0.183. The fraction of sp³-hybridized carbons (Fsp3) is 0.364. The van der Waals surface area contributed by atoms with Gasteiger partial charge in [0, 0.05) is 17.0 Å². The Morgan fingerprint density at radius 1 is 1.25 bits per heavy atom. The number of rotatable bonds is 6. The number of aryl methyl sites for hydroxylation is 2. The molecular formula is C22H21ClN4O3S2. The Hall–Kier alpha value is -2.20. The number of ether oxygens (including phenoxy) is 1. The summed E-state index contributed by atoms with van der Waals surface area (Å²) in [5.41, 5.74) is 1.49. The molecular weight excluding hydrogens is 468 g/mol. The molecule has 4 aromatic rings. The average Bonchev–Trinajstić information content (AvgIpc) is 3.15. The molecule has 1 aliphatic carbocycles. The third kappa shape index (κ3) is 3.98. The molecule has 3 aromatic heterocycles. The summed E-state index contributed by atoms with van der Waals surface area (Å²) in [5.74, 6) is 0.876. The van der Waals surface area contributed by atoms with Gasteiger partial charge in [0.2, 0.25) is 0 Å². The lowest BCUT2D eigenvalue weighted by Gasteiger charge is -2.13. The number of nitrogens with zero attached hydrogens (tertiary/aromatic N) is 3. The van der Waals surface area contributed by atoms with Crippen molar-refractivity contribution in [2.45, 2.75) is 43.1 Å². The number of halogens is 1. The van der Waals surface area contributed by atoms with E-state index < -0.39 is 0 Å². The normalized spacial score (nSPS) is 13.7. The molecule has 3 heterocycles. The topological polar surface area (TPSA) is 89.9 Å². The SMILES string of the molecule is COCCn1c(SCc2nc3cc(Cl)ccc3c(=O)[nH]2)nc2sc3c(c2c1=O)CCCC3. The molecule has 0 unspecified atom stereocenters. The third-order valence-electron chi connectivity index (χ3n) is 5.61. The van der Waals surface area contributed by atoms with E-state index in [2.05, 4.69) is 9.97 Å². The number of fused-ring (bicyclic) bond motifs is 4. The van der Waals surface area contributed by atoms with Crippen LogP contribution in [0.4, 0.5) is 0 Å². The summed E-state index contributed by atoms with van der Waals surface area (Å²) >= 11 is 9.08. The zero-order chi connectivity index (χ0) is 22.2. The van der Waals surface area contributed by atoms with Crippen molar-refractivity contribution in [3.8, 4) is 0 Å². The van der Waals surface area contributed by atoms with E-state index in [1.54, 1.807) is 41.2 Å². The highest BCUT2D eigenvalue weighted by Gasteiger charge is 2.22. The van der Waals surface area contributed by atoms with Crippen LogP contribution in [-0.2, 0) is 29.9 Å². The Bertz CT molecular complexity index is 1440. The highest BCUT2D eigenvalue weighted by Crippen LogP contribution is 2.35. The molecule has 0 spiro atoms. The second-order valence-corrected chi connectivity index (χ2v) is 10.2. The molecule has 0 amide bonds. The van der Waals surface area contributed by atoms with E-state index in [4.69, 9.17) is 21.3 Å². The van der Waals surface area contributed by atoms with Crippen LogP contribution in [0.25, 0.3) is 21.1 Å². The van der Waals surface area contributed by atoms with Gasteiger partial charge in [0.15, 0.2) is 5.16 Å². The van der Waals surface area contributed by atoms with Crippen LogP contribution in [0.5, 0.6) is 0 Å². The van der Waals surface area contributed by atoms with Gasteiger partial charge in [-0.15, -0.1) is 11.3 Å². The van der Waals surface area contributed by atoms with Gasteiger partial charge in [-0.25, -0.2) is 9.97 Å². The van der Waals surface area contributed by atoms with E-state index in [1.165, 1.54) is 22.2 Å². The number of thiophene rings is 1. The summed E-state index contributed by atoms with van der Waals surface area (Å²) in [4.78, 5) is 40.2. The van der Waals surface area contributed by atoms with Crippen LogP contribution in [-0.4, -0.2) is 33.2 Å². The number of aromatic nitrogens is 4. The smallest absolute Gasteiger partial charge is 0.263 e. The number of nitrogens with one attached hydrogen (secondary N) is 1. The van der Waals surface area contributed by atoms with Gasteiger partial charge in [-0.1, -0.05) is 23.4 Å². The minimum atomic E-state index is -0.214. The predicted octanol–water partition coefficient (Wildman–Crippen LogP) is 4.17. The predicted molar refractivity (Wildman–Crippen MR) is 129 cm³/mol. The highest BCUT2D eigenvalue weighted by molar-refractivity contribution is 7.98. The molecule has 7 nitrogen and oxygen atoms in total. The van der Waals surface area contributed by atoms with Crippen LogP contribution < -0.4 is 11.1 Å². The van der Waals surface area contributed by atoms with E-state index in [9.17, 15) is 9.59 Å². The van der Waals surface area contributed by atoms with Gasteiger partial charge in [-0.2, -0.15) is 0 Å². The monoisotopic (exact) mass is 488 g/mol. The van der Waals surface area contributed by atoms with Crippen molar-refractivity contribution in [3.05, 3.63) is 60.2 Å². The second kappa shape index (κ2) is 8.97. The Balaban J connectivity index is 1.54. The number of H-pyrrole nitrogens is 1. The van der Waals surface area contributed by atoms with Crippen LogP contribution in [0.3, 0.4) is 0 Å². The molecule has 1 N–H and O–H groups in total. The summed E-state index contributed by atoms with van der Waals surface area (Å²) in [7, 11) is 1.62. The maximum Gasteiger partial charge on any atom is 0.263 e. The van der Waals surface area contributed by atoms with Crippen molar-refractivity contribution in [3.63, 3.8) is 0 Å². The maximum atomic E-state index is 13.4. The summed E-state index contributed by atoms with van der Waals surface area (Å²) < 4.78 is 6.92. The molecule has 0 radical (unpaired) electrons. The first-order valence-corrected chi connectivity index (χ1v) is 12.6. The van der Waals surface area contributed by atoms with Crippen LogP contribution in [0, 0.1) is 0 Å². The number of thioether (sulfide) groups is 1. The highest BCUT2D eigenvalue weighted by atomic mass is 35.5. The van der Waals surface area contributed by atoms with Crippen LogP contribution in [0.1, 0.15) is 29.1 Å². The minimum Gasteiger partial charge on any atom is -0.383 e. The van der Waals surface area contributed by atoms with Gasteiger partial charge < -0.3 is 9.72 Å². The molecule has 166 valence electrons. The molecule has 0 saturated heterocycles. The van der Waals surface area contributed by atoms with Gasteiger partial charge in [-0.05, 0) is 49.4 Å². The molecule has 10 heteroatoms. The second-order valence-electron chi connectivity index (χ2n) is 7.70. The quantitative estimate of drug-likeness (QED) is 0.323. The first kappa shape index (κ1) is 21.6. The molecule has 0 atom stereocenters. The van der Waals surface area contributed by atoms with Crippen molar-refractivity contribution in [2.75, 3.05) is 13.7 Å². The van der Waals surface area contributed by atoms with Crippen molar-refractivity contribution in [1.29, 1.82) is 0 Å². The maximum absolute atomic E-state index is 13.4. The van der Waals surface area contributed by atoms with Crippen LogP contribution in [0.15, 0.2) is 32.9 Å². The fourth-order valence-corrected chi connectivity index (χ4v) is 6.44. The van der Waals surface area contributed by atoms with Gasteiger partial charge >= 0.3 is 0 Å². The zero-order valence-electron chi connectivity index (χ0n) is 17.4. The number of methoxy groups -OCH3 is 1. The minimum absolute atomic E-state index is 0.0132. The van der Waals surface area contributed by atoms with Crippen LogP contribution >= 0.6 is 34.7 Å². The molecule has 0 bridgehead atoms. The van der Waals surface area contributed by atoms with Crippen molar-refractivity contribution in [2.24, 2.45) is 0 Å². The standard InChI is InChI=1S/C22H21ClN4O3S2/c1-30-9-8-27-21(29)18-14-4-2-3-5-16(14)32-20(18)26-22(27)31-11-17-24-15-10-12(23)6-7-13(15)19(28)25-17/h6-7,10H,2-5,8-9,11H2,1H3,(H,24,25,28). The van der Waals surface area contributed by atoms with Gasteiger partial charge in [0.1, 0.15) is 10.7 Å². The van der Waals surface area contributed by atoms with Crippen LogP contribution in [0.2, 0.25) is 5.02 Å². The van der Waals surface area contributed by atoms with Gasteiger partial charge in [0.25, 0.3) is 11.1 Å². The fourth-order valence-electron chi connectivity index (χ4n) is 4.07. The summed E-state index contributed by atoms with van der Waals surface area (Å²) in [6, 6.07) is 5.01. The summed E-state index contributed by atoms with van der Waals surface area (Å²) in [5, 5.41) is 2.38. The Morgan fingerprint density at radius 2 is 2.09 bits per heavy atom. The zero-order valence-corrected chi connectivity index (χ0v) is 19.8. The molecule has 32 heavy (non-hydrogen) atoms. The number of hydrogen-bond acceptors (Lipinski definition) is 7. The van der Waals surface area contributed by atoms with Crippen molar-refractivity contribution in [1.82, 2.24) is 19.5 Å². The molecule has 0 saturated carbocycles. The van der Waals surface area contributed by atoms with E-state index in [-0.39, 0.29) is 11.1 Å². The number of hydrogen-bond donors (Lipinski definition) is 1.